The molecule has 0 aliphatic rings. The molecule has 1 rings (SSSR count). The van der Waals surface area contributed by atoms with E-state index in [1.807, 2.05) is 38.1 Å². The Balaban J connectivity index is 2.84. The summed E-state index contributed by atoms with van der Waals surface area (Å²) in [6.07, 6.45) is 1.48. The van der Waals surface area contributed by atoms with Gasteiger partial charge in [-0.25, -0.2) is 0 Å². The summed E-state index contributed by atoms with van der Waals surface area (Å²) in [5.74, 6) is 0.803. The van der Waals surface area contributed by atoms with Gasteiger partial charge >= 0.3 is 0 Å². The van der Waals surface area contributed by atoms with Crippen LogP contribution in [0, 0.1) is 0 Å². The quantitative estimate of drug-likeness (QED) is 0.756. The molecule has 0 aliphatic heterocycles. The molecule has 0 fully saturated rings. The second kappa shape index (κ2) is 7.48. The van der Waals surface area contributed by atoms with Crippen LogP contribution in [-0.4, -0.2) is 31.5 Å². The second-order valence-electron chi connectivity index (χ2n) is 5.05. The number of ether oxygens (including phenoxy) is 2. The van der Waals surface area contributed by atoms with Crippen molar-refractivity contribution in [2.75, 3.05) is 20.3 Å². The first-order chi connectivity index (χ1) is 9.01. The fraction of sp³-hybridized carbons (Fsp3) is 0.600. The second-order valence-corrected chi connectivity index (χ2v) is 5.05. The summed E-state index contributed by atoms with van der Waals surface area (Å²) in [5.41, 5.74) is 5.37. The monoisotopic (exact) mass is 267 g/mol. The minimum absolute atomic E-state index is 0.140. The highest BCUT2D eigenvalue weighted by Gasteiger charge is 2.28. The maximum Gasteiger partial charge on any atom is 0.119 e. The molecule has 1 unspecified atom stereocenters. The smallest absolute Gasteiger partial charge is 0.119 e. The Morgan fingerprint density at radius 1 is 1.26 bits per heavy atom. The lowest BCUT2D eigenvalue weighted by atomic mass is 9.90. The molecule has 0 aliphatic carbocycles. The molecule has 4 heteroatoms. The molecule has 0 aromatic heterocycles. The van der Waals surface area contributed by atoms with Crippen LogP contribution in [0.25, 0.3) is 0 Å². The SMILES string of the molecule is COCC(O)(CCCN)c1ccc(OC(C)C)cc1. The van der Waals surface area contributed by atoms with Gasteiger partial charge in [0.2, 0.25) is 0 Å². The third-order valence-corrected chi connectivity index (χ3v) is 2.94. The Morgan fingerprint density at radius 3 is 2.37 bits per heavy atom. The topological polar surface area (TPSA) is 64.7 Å². The molecule has 1 aromatic carbocycles. The van der Waals surface area contributed by atoms with Crippen LogP contribution >= 0.6 is 0 Å². The summed E-state index contributed by atoms with van der Waals surface area (Å²) in [7, 11) is 1.59. The van der Waals surface area contributed by atoms with Crippen LogP contribution in [0.5, 0.6) is 5.75 Å². The number of nitrogens with two attached hydrogens (primary N) is 1. The van der Waals surface area contributed by atoms with Crippen molar-refractivity contribution in [2.24, 2.45) is 5.73 Å². The first kappa shape index (κ1) is 16.0. The minimum Gasteiger partial charge on any atom is -0.491 e. The van der Waals surface area contributed by atoms with Crippen LogP contribution in [0.3, 0.4) is 0 Å². The van der Waals surface area contributed by atoms with E-state index >= 15 is 0 Å². The summed E-state index contributed by atoms with van der Waals surface area (Å²) in [6, 6.07) is 7.51. The Labute approximate surface area is 115 Å². The van der Waals surface area contributed by atoms with Crippen molar-refractivity contribution in [3.63, 3.8) is 0 Å². The standard InChI is InChI=1S/C15H25NO3/c1-12(2)19-14-7-5-13(6-8-14)15(17,11-18-3)9-4-10-16/h5-8,12,17H,4,9-11,16H2,1-3H3. The van der Waals surface area contributed by atoms with Gasteiger partial charge in [0, 0.05) is 7.11 Å². The van der Waals surface area contributed by atoms with Gasteiger partial charge in [-0.2, -0.15) is 0 Å². The lowest BCUT2D eigenvalue weighted by Gasteiger charge is -2.28. The van der Waals surface area contributed by atoms with Crippen molar-refractivity contribution in [3.05, 3.63) is 29.8 Å². The van der Waals surface area contributed by atoms with E-state index < -0.39 is 5.60 Å². The van der Waals surface area contributed by atoms with E-state index in [2.05, 4.69) is 0 Å². The maximum atomic E-state index is 10.7. The molecule has 0 bridgehead atoms. The van der Waals surface area contributed by atoms with Crippen molar-refractivity contribution < 1.29 is 14.6 Å². The van der Waals surface area contributed by atoms with Crippen molar-refractivity contribution in [2.45, 2.75) is 38.4 Å². The van der Waals surface area contributed by atoms with Crippen LogP contribution in [0.4, 0.5) is 0 Å². The zero-order valence-corrected chi connectivity index (χ0v) is 12.1. The first-order valence-electron chi connectivity index (χ1n) is 6.70. The molecule has 0 saturated carbocycles. The normalized spacial score (nSPS) is 14.4. The third kappa shape index (κ3) is 4.82. The predicted octanol–water partition coefficient (Wildman–Crippen LogP) is 2.05. The predicted molar refractivity (Wildman–Crippen MR) is 76.3 cm³/mol. The number of hydrogen-bond acceptors (Lipinski definition) is 4. The van der Waals surface area contributed by atoms with Crippen LogP contribution in [0.2, 0.25) is 0 Å². The Hall–Kier alpha value is -1.10. The molecule has 0 heterocycles. The van der Waals surface area contributed by atoms with E-state index in [0.717, 1.165) is 17.7 Å². The van der Waals surface area contributed by atoms with Crippen LogP contribution < -0.4 is 10.5 Å². The zero-order valence-electron chi connectivity index (χ0n) is 12.1. The number of benzene rings is 1. The molecule has 0 radical (unpaired) electrons. The van der Waals surface area contributed by atoms with Crippen molar-refractivity contribution in [3.8, 4) is 5.75 Å². The fourth-order valence-electron chi connectivity index (χ4n) is 2.05. The van der Waals surface area contributed by atoms with Gasteiger partial charge in [-0.1, -0.05) is 12.1 Å². The van der Waals surface area contributed by atoms with Gasteiger partial charge in [-0.3, -0.25) is 0 Å². The Kier molecular flexibility index (Phi) is 6.28. The molecule has 108 valence electrons. The Bertz CT molecular complexity index is 364. The summed E-state index contributed by atoms with van der Waals surface area (Å²) in [4.78, 5) is 0. The summed E-state index contributed by atoms with van der Waals surface area (Å²) >= 11 is 0. The number of aliphatic hydroxyl groups is 1. The highest BCUT2D eigenvalue weighted by atomic mass is 16.5. The van der Waals surface area contributed by atoms with Crippen molar-refractivity contribution in [1.29, 1.82) is 0 Å². The molecular weight excluding hydrogens is 242 g/mol. The van der Waals surface area contributed by atoms with Gasteiger partial charge in [-0.15, -0.1) is 0 Å². The summed E-state index contributed by atoms with van der Waals surface area (Å²) in [5, 5.41) is 10.7. The molecule has 0 saturated heterocycles. The average Bonchev–Trinajstić information content (AvgIpc) is 2.37. The third-order valence-electron chi connectivity index (χ3n) is 2.94. The highest BCUT2D eigenvalue weighted by Crippen LogP contribution is 2.28. The van der Waals surface area contributed by atoms with Crippen molar-refractivity contribution in [1.82, 2.24) is 0 Å². The number of methoxy groups -OCH3 is 1. The molecule has 4 nitrogen and oxygen atoms in total. The fourth-order valence-corrected chi connectivity index (χ4v) is 2.05. The number of hydrogen-bond donors (Lipinski definition) is 2. The molecule has 3 N–H and O–H groups in total. The molecular formula is C15H25NO3. The van der Waals surface area contributed by atoms with Gasteiger partial charge in [-0.05, 0) is 50.9 Å². The number of rotatable bonds is 8. The summed E-state index contributed by atoms with van der Waals surface area (Å²) in [6.45, 7) is 4.78. The van der Waals surface area contributed by atoms with E-state index in [1.54, 1.807) is 7.11 Å². The van der Waals surface area contributed by atoms with E-state index in [4.69, 9.17) is 15.2 Å². The minimum atomic E-state index is -0.982. The first-order valence-corrected chi connectivity index (χ1v) is 6.70. The molecule has 0 spiro atoms. The van der Waals surface area contributed by atoms with E-state index in [1.165, 1.54) is 0 Å². The van der Waals surface area contributed by atoms with Crippen molar-refractivity contribution >= 4 is 0 Å². The average molecular weight is 267 g/mol. The van der Waals surface area contributed by atoms with Crippen LogP contribution in [0.1, 0.15) is 32.3 Å². The largest absolute Gasteiger partial charge is 0.491 e. The van der Waals surface area contributed by atoms with Gasteiger partial charge in [0.15, 0.2) is 0 Å². The lowest BCUT2D eigenvalue weighted by molar-refractivity contribution is -0.0430. The molecule has 1 atom stereocenters. The van der Waals surface area contributed by atoms with E-state index in [0.29, 0.717) is 13.0 Å². The lowest BCUT2D eigenvalue weighted by Crippen LogP contribution is -2.32. The molecule has 0 amide bonds. The van der Waals surface area contributed by atoms with Gasteiger partial charge in [0.1, 0.15) is 11.4 Å². The summed E-state index contributed by atoms with van der Waals surface area (Å²) < 4.78 is 10.7. The Morgan fingerprint density at radius 2 is 1.89 bits per heavy atom. The van der Waals surface area contributed by atoms with Gasteiger partial charge < -0.3 is 20.3 Å². The highest BCUT2D eigenvalue weighted by molar-refractivity contribution is 5.31. The van der Waals surface area contributed by atoms with E-state index in [-0.39, 0.29) is 12.7 Å². The van der Waals surface area contributed by atoms with Gasteiger partial charge in [0.05, 0.1) is 12.7 Å². The van der Waals surface area contributed by atoms with Crippen LogP contribution in [0.15, 0.2) is 24.3 Å². The zero-order chi connectivity index (χ0) is 14.3. The van der Waals surface area contributed by atoms with Crippen LogP contribution in [-0.2, 0) is 10.3 Å². The van der Waals surface area contributed by atoms with Gasteiger partial charge in [0.25, 0.3) is 0 Å². The molecule has 19 heavy (non-hydrogen) atoms. The maximum absolute atomic E-state index is 10.7. The molecule has 1 aromatic rings. The van der Waals surface area contributed by atoms with E-state index in [9.17, 15) is 5.11 Å².